The van der Waals surface area contributed by atoms with Crippen molar-refractivity contribution in [3.05, 3.63) is 29.8 Å². The molecule has 0 aliphatic rings. The second-order valence-corrected chi connectivity index (χ2v) is 3.65. The van der Waals surface area contributed by atoms with Crippen LogP contribution in [0.5, 0.6) is 0 Å². The Bertz CT molecular complexity index is 423. The Morgan fingerprint density at radius 3 is 1.37 bits per heavy atom. The highest BCUT2D eigenvalue weighted by Gasteiger charge is 2.73. The molecule has 0 saturated carbocycles. The van der Waals surface area contributed by atoms with Crippen LogP contribution >= 0.6 is 0 Å². The highest BCUT2D eigenvalue weighted by molar-refractivity contribution is 6.58. The van der Waals surface area contributed by atoms with Crippen LogP contribution in [0, 0.1) is 0 Å². The summed E-state index contributed by atoms with van der Waals surface area (Å²) in [7, 11) is -2.08. The summed E-state index contributed by atoms with van der Waals surface area (Å²) in [6.45, 7) is 0. The maximum absolute atomic E-state index is 13.5. The number of hydrogen-bond acceptors (Lipinski definition) is 2. The topological polar surface area (TPSA) is 40.5 Å². The quantitative estimate of drug-likeness (QED) is 0.642. The lowest BCUT2D eigenvalue weighted by Crippen LogP contribution is -2.50. The first-order valence-electron chi connectivity index (χ1n) is 4.70. The lowest BCUT2D eigenvalue weighted by molar-refractivity contribution is -0.348. The molecular formula is C9H6BF7O2. The molecule has 19 heavy (non-hydrogen) atoms. The zero-order valence-electron chi connectivity index (χ0n) is 8.93. The molecule has 0 aromatic heterocycles. The normalized spacial score (nSPS) is 13.5. The monoisotopic (exact) mass is 290 g/mol. The predicted molar refractivity (Wildman–Crippen MR) is 51.2 cm³/mol. The molecule has 0 aliphatic carbocycles. The van der Waals surface area contributed by atoms with Crippen LogP contribution in [0.25, 0.3) is 0 Å². The Morgan fingerprint density at radius 2 is 1.11 bits per heavy atom. The first-order chi connectivity index (χ1) is 8.41. The number of alkyl halides is 7. The molecule has 0 saturated heterocycles. The minimum Gasteiger partial charge on any atom is -0.423 e. The van der Waals surface area contributed by atoms with E-state index >= 15 is 0 Å². The van der Waals surface area contributed by atoms with E-state index in [9.17, 15) is 30.7 Å². The fourth-order valence-corrected chi connectivity index (χ4v) is 1.37. The fourth-order valence-electron chi connectivity index (χ4n) is 1.37. The van der Waals surface area contributed by atoms with E-state index < -0.39 is 30.7 Å². The first-order valence-corrected chi connectivity index (χ1v) is 4.70. The molecule has 0 bridgehead atoms. The number of rotatable bonds is 2. The van der Waals surface area contributed by atoms with Gasteiger partial charge >= 0.3 is 25.1 Å². The Hall–Kier alpha value is -1.29. The minimum absolute atomic E-state index is 0.204. The summed E-state index contributed by atoms with van der Waals surface area (Å²) >= 11 is 0. The largest absolute Gasteiger partial charge is 0.488 e. The summed E-state index contributed by atoms with van der Waals surface area (Å²) in [4.78, 5) is 0. The summed E-state index contributed by atoms with van der Waals surface area (Å²) in [6, 6.07) is 1.53. The number of halogens is 7. The third kappa shape index (κ3) is 2.68. The Balaban J connectivity index is 3.36. The zero-order valence-corrected chi connectivity index (χ0v) is 8.93. The lowest BCUT2D eigenvalue weighted by atomic mass is 9.79. The van der Waals surface area contributed by atoms with Crippen LogP contribution in [-0.2, 0) is 5.67 Å². The fraction of sp³-hybridized carbons (Fsp3) is 0.333. The van der Waals surface area contributed by atoms with Crippen molar-refractivity contribution in [2.24, 2.45) is 0 Å². The van der Waals surface area contributed by atoms with Gasteiger partial charge in [-0.15, -0.1) is 0 Å². The molecule has 0 spiro atoms. The Morgan fingerprint density at radius 1 is 0.737 bits per heavy atom. The molecule has 2 nitrogen and oxygen atoms in total. The molecule has 0 heterocycles. The molecule has 10 heteroatoms. The maximum Gasteiger partial charge on any atom is 0.488 e. The van der Waals surface area contributed by atoms with E-state index in [1.54, 1.807) is 0 Å². The minimum atomic E-state index is -6.19. The Labute approximate surface area is 102 Å². The SMILES string of the molecule is OB(O)c1ccc(C(F)(C(F)(F)F)C(F)(F)F)cc1. The van der Waals surface area contributed by atoms with Gasteiger partial charge in [0, 0.05) is 5.56 Å². The van der Waals surface area contributed by atoms with Crippen molar-refractivity contribution in [2.75, 3.05) is 0 Å². The second kappa shape index (κ2) is 4.67. The van der Waals surface area contributed by atoms with Crippen molar-refractivity contribution >= 4 is 12.6 Å². The lowest BCUT2D eigenvalue weighted by Gasteiger charge is -2.30. The van der Waals surface area contributed by atoms with Crippen LogP contribution in [0.15, 0.2) is 24.3 Å². The summed E-state index contributed by atoms with van der Waals surface area (Å²) < 4.78 is 87.6. The van der Waals surface area contributed by atoms with Gasteiger partial charge in [0.1, 0.15) is 0 Å². The van der Waals surface area contributed by atoms with Crippen LogP contribution in [0.3, 0.4) is 0 Å². The molecule has 0 aliphatic heterocycles. The first kappa shape index (κ1) is 15.8. The van der Waals surface area contributed by atoms with Crippen molar-refractivity contribution < 1.29 is 40.8 Å². The van der Waals surface area contributed by atoms with Gasteiger partial charge in [0.25, 0.3) is 0 Å². The third-order valence-electron chi connectivity index (χ3n) is 2.39. The van der Waals surface area contributed by atoms with Gasteiger partial charge in [-0.2, -0.15) is 26.3 Å². The second-order valence-electron chi connectivity index (χ2n) is 3.65. The van der Waals surface area contributed by atoms with Gasteiger partial charge in [0.15, 0.2) is 0 Å². The molecule has 106 valence electrons. The van der Waals surface area contributed by atoms with Gasteiger partial charge in [0.05, 0.1) is 0 Å². The van der Waals surface area contributed by atoms with Crippen LogP contribution in [0.2, 0.25) is 0 Å². The third-order valence-corrected chi connectivity index (χ3v) is 2.39. The van der Waals surface area contributed by atoms with Crippen LogP contribution < -0.4 is 5.46 Å². The smallest absolute Gasteiger partial charge is 0.423 e. The van der Waals surface area contributed by atoms with Gasteiger partial charge in [-0.3, -0.25) is 0 Å². The van der Waals surface area contributed by atoms with E-state index in [2.05, 4.69) is 0 Å². The summed E-state index contributed by atoms with van der Waals surface area (Å²) in [5, 5.41) is 17.3. The predicted octanol–water partition coefficient (Wildman–Crippen LogP) is 1.66. The maximum atomic E-state index is 13.5. The van der Waals surface area contributed by atoms with Crippen molar-refractivity contribution in [3.63, 3.8) is 0 Å². The van der Waals surface area contributed by atoms with E-state index in [1.807, 2.05) is 0 Å². The number of hydrogen-bond donors (Lipinski definition) is 2. The van der Waals surface area contributed by atoms with Gasteiger partial charge in [-0.25, -0.2) is 4.39 Å². The molecule has 2 N–H and O–H groups in total. The van der Waals surface area contributed by atoms with Crippen molar-refractivity contribution in [1.82, 2.24) is 0 Å². The molecule has 0 atom stereocenters. The van der Waals surface area contributed by atoms with Crippen LogP contribution in [0.1, 0.15) is 5.56 Å². The van der Waals surface area contributed by atoms with Gasteiger partial charge in [-0.05, 0) is 5.46 Å². The summed E-state index contributed by atoms with van der Waals surface area (Å²) in [5.41, 5.74) is -7.56. The number of benzene rings is 1. The highest BCUT2D eigenvalue weighted by Crippen LogP contribution is 2.52. The van der Waals surface area contributed by atoms with Crippen LogP contribution in [-0.4, -0.2) is 29.5 Å². The van der Waals surface area contributed by atoms with Crippen molar-refractivity contribution in [2.45, 2.75) is 18.0 Å². The molecule has 0 fully saturated rings. The van der Waals surface area contributed by atoms with Gasteiger partial charge in [0.2, 0.25) is 0 Å². The van der Waals surface area contributed by atoms with Gasteiger partial charge in [-0.1, -0.05) is 24.3 Å². The zero-order chi connectivity index (χ0) is 15.1. The standard InChI is InChI=1S/C9H6BF7O2/c11-7(8(12,13)14,9(15,16)17)5-1-3-6(4-2-5)10(18)19/h1-4,18-19H. The molecule has 1 aromatic carbocycles. The molecular weight excluding hydrogens is 284 g/mol. The van der Waals surface area contributed by atoms with Crippen LogP contribution in [0.4, 0.5) is 30.7 Å². The van der Waals surface area contributed by atoms with Crippen molar-refractivity contribution in [3.8, 4) is 0 Å². The molecule has 0 radical (unpaired) electrons. The van der Waals surface area contributed by atoms with E-state index in [1.165, 1.54) is 0 Å². The molecule has 1 aromatic rings. The van der Waals surface area contributed by atoms with E-state index in [0.29, 0.717) is 12.1 Å². The van der Waals surface area contributed by atoms with E-state index in [0.717, 1.165) is 0 Å². The highest BCUT2D eigenvalue weighted by atomic mass is 19.4. The van der Waals surface area contributed by atoms with E-state index in [4.69, 9.17) is 10.0 Å². The Kier molecular flexibility index (Phi) is 3.88. The van der Waals surface area contributed by atoms with E-state index in [-0.39, 0.29) is 17.6 Å². The average Bonchev–Trinajstić information content (AvgIpc) is 2.25. The average molecular weight is 290 g/mol. The van der Waals surface area contributed by atoms with Gasteiger partial charge < -0.3 is 10.0 Å². The van der Waals surface area contributed by atoms with Crippen molar-refractivity contribution in [1.29, 1.82) is 0 Å². The summed E-state index contributed by atoms with van der Waals surface area (Å²) in [6.07, 6.45) is -12.4. The summed E-state index contributed by atoms with van der Waals surface area (Å²) in [5.74, 6) is 0. The molecule has 0 amide bonds. The molecule has 0 unspecified atom stereocenters. The molecule has 1 rings (SSSR count).